The minimum absolute atomic E-state index is 0.567. The van der Waals surface area contributed by atoms with Crippen molar-refractivity contribution in [1.82, 2.24) is 4.90 Å². The van der Waals surface area contributed by atoms with Crippen LogP contribution in [0.1, 0.15) is 44.2 Å². The van der Waals surface area contributed by atoms with Crippen LogP contribution in [0.3, 0.4) is 0 Å². The summed E-state index contributed by atoms with van der Waals surface area (Å²) in [5, 5.41) is 0. The molecule has 0 unspecified atom stereocenters. The summed E-state index contributed by atoms with van der Waals surface area (Å²) in [4.78, 5) is 2.61. The Morgan fingerprint density at radius 3 is 2.94 bits per heavy atom. The summed E-state index contributed by atoms with van der Waals surface area (Å²) < 4.78 is 5.48. The quantitative estimate of drug-likeness (QED) is 0.770. The smallest absolute Gasteiger partial charge is 0.123 e. The number of hydrogen-bond donors (Lipinski definition) is 0. The average molecular weight is 233 g/mol. The van der Waals surface area contributed by atoms with Crippen molar-refractivity contribution in [1.29, 1.82) is 0 Å². The second-order valence-corrected chi connectivity index (χ2v) is 4.79. The number of unbranched alkanes of at least 4 members (excludes halogenated alkanes) is 1. The van der Waals surface area contributed by atoms with Crippen molar-refractivity contribution >= 4 is 0 Å². The lowest BCUT2D eigenvalue weighted by atomic mass is 10.0. The third-order valence-corrected chi connectivity index (χ3v) is 3.66. The Morgan fingerprint density at radius 2 is 2.18 bits per heavy atom. The van der Waals surface area contributed by atoms with Gasteiger partial charge in [0, 0.05) is 11.6 Å². The van der Waals surface area contributed by atoms with Gasteiger partial charge in [-0.15, -0.1) is 0 Å². The molecule has 2 heteroatoms. The molecule has 1 saturated heterocycles. The fraction of sp³-hybridized carbons (Fsp3) is 0.600. The number of ether oxygens (including phenoxy) is 1. The van der Waals surface area contributed by atoms with Gasteiger partial charge in [0.05, 0.1) is 7.11 Å². The molecule has 1 aromatic rings. The van der Waals surface area contributed by atoms with Gasteiger partial charge in [0.15, 0.2) is 0 Å². The molecule has 0 N–H and O–H groups in total. The minimum atomic E-state index is 0.567. The maximum Gasteiger partial charge on any atom is 0.123 e. The molecule has 0 spiro atoms. The first-order valence-corrected chi connectivity index (χ1v) is 6.73. The van der Waals surface area contributed by atoms with Crippen molar-refractivity contribution in [3.05, 3.63) is 29.8 Å². The molecule has 0 radical (unpaired) electrons. The highest BCUT2D eigenvalue weighted by Gasteiger charge is 2.27. The average Bonchev–Trinajstić information content (AvgIpc) is 2.84. The molecular formula is C15H23NO. The second kappa shape index (κ2) is 6.06. The van der Waals surface area contributed by atoms with Gasteiger partial charge in [0.2, 0.25) is 0 Å². The van der Waals surface area contributed by atoms with E-state index in [0.29, 0.717) is 6.04 Å². The highest BCUT2D eigenvalue weighted by atomic mass is 16.5. The minimum Gasteiger partial charge on any atom is -0.496 e. The molecule has 94 valence electrons. The zero-order chi connectivity index (χ0) is 12.1. The third kappa shape index (κ3) is 2.81. The van der Waals surface area contributed by atoms with Gasteiger partial charge in [-0.25, -0.2) is 0 Å². The zero-order valence-corrected chi connectivity index (χ0v) is 11.0. The van der Waals surface area contributed by atoms with E-state index in [1.54, 1.807) is 7.11 Å². The Bertz CT molecular complexity index is 351. The van der Waals surface area contributed by atoms with Crippen molar-refractivity contribution in [2.45, 2.75) is 38.6 Å². The van der Waals surface area contributed by atoms with Gasteiger partial charge in [0.1, 0.15) is 5.75 Å². The van der Waals surface area contributed by atoms with Crippen molar-refractivity contribution in [3.63, 3.8) is 0 Å². The maximum absolute atomic E-state index is 5.48. The summed E-state index contributed by atoms with van der Waals surface area (Å²) in [7, 11) is 1.77. The van der Waals surface area contributed by atoms with Crippen LogP contribution in [0.15, 0.2) is 24.3 Å². The molecule has 1 fully saturated rings. The first-order valence-electron chi connectivity index (χ1n) is 6.73. The molecule has 17 heavy (non-hydrogen) atoms. The van der Waals surface area contributed by atoms with Crippen molar-refractivity contribution in [2.75, 3.05) is 20.2 Å². The van der Waals surface area contributed by atoms with Gasteiger partial charge in [0.25, 0.3) is 0 Å². The van der Waals surface area contributed by atoms with E-state index in [0.717, 1.165) is 5.75 Å². The highest BCUT2D eigenvalue weighted by molar-refractivity contribution is 5.36. The Morgan fingerprint density at radius 1 is 1.35 bits per heavy atom. The molecule has 2 rings (SSSR count). The van der Waals surface area contributed by atoms with Gasteiger partial charge in [-0.1, -0.05) is 31.5 Å². The van der Waals surface area contributed by atoms with Crippen LogP contribution in [0, 0.1) is 0 Å². The fourth-order valence-electron chi connectivity index (χ4n) is 2.75. The topological polar surface area (TPSA) is 12.5 Å². The molecule has 0 aromatic heterocycles. The molecule has 2 nitrogen and oxygen atoms in total. The van der Waals surface area contributed by atoms with Crippen LogP contribution >= 0.6 is 0 Å². The van der Waals surface area contributed by atoms with Crippen molar-refractivity contribution in [3.8, 4) is 5.75 Å². The maximum atomic E-state index is 5.48. The van der Waals surface area contributed by atoms with Gasteiger partial charge < -0.3 is 4.74 Å². The van der Waals surface area contributed by atoms with E-state index in [9.17, 15) is 0 Å². The van der Waals surface area contributed by atoms with Crippen LogP contribution in [0.2, 0.25) is 0 Å². The van der Waals surface area contributed by atoms with Crippen LogP contribution in [0.25, 0.3) is 0 Å². The lowest BCUT2D eigenvalue weighted by Gasteiger charge is -2.25. The number of nitrogens with zero attached hydrogens (tertiary/aromatic N) is 1. The molecule has 1 atom stereocenters. The predicted octanol–water partition coefficient (Wildman–Crippen LogP) is 3.63. The van der Waals surface area contributed by atoms with Gasteiger partial charge in [-0.3, -0.25) is 4.90 Å². The number of para-hydroxylation sites is 1. The van der Waals surface area contributed by atoms with E-state index in [4.69, 9.17) is 4.74 Å². The SMILES string of the molecule is CCCCN1CCC[C@H]1c1ccccc1OC. The van der Waals surface area contributed by atoms with Crippen molar-refractivity contribution in [2.24, 2.45) is 0 Å². The van der Waals surface area contributed by atoms with Crippen LogP contribution in [-0.4, -0.2) is 25.1 Å². The first kappa shape index (κ1) is 12.4. The Balaban J connectivity index is 2.14. The summed E-state index contributed by atoms with van der Waals surface area (Å²) in [6.07, 6.45) is 5.15. The lowest BCUT2D eigenvalue weighted by Crippen LogP contribution is -2.24. The lowest BCUT2D eigenvalue weighted by molar-refractivity contribution is 0.247. The third-order valence-electron chi connectivity index (χ3n) is 3.66. The van der Waals surface area contributed by atoms with Gasteiger partial charge in [-0.05, 0) is 38.4 Å². The predicted molar refractivity (Wildman–Crippen MR) is 71.5 cm³/mol. The number of likely N-dealkylation sites (tertiary alicyclic amines) is 1. The van der Waals surface area contributed by atoms with E-state index < -0.39 is 0 Å². The molecule has 1 aromatic carbocycles. The summed E-state index contributed by atoms with van der Waals surface area (Å²) in [6.45, 7) is 4.72. The number of benzene rings is 1. The van der Waals surface area contributed by atoms with Gasteiger partial charge in [-0.2, -0.15) is 0 Å². The number of methoxy groups -OCH3 is 1. The van der Waals surface area contributed by atoms with Crippen molar-refractivity contribution < 1.29 is 4.74 Å². The molecule has 1 aliphatic heterocycles. The number of hydrogen-bond acceptors (Lipinski definition) is 2. The molecular weight excluding hydrogens is 210 g/mol. The zero-order valence-electron chi connectivity index (χ0n) is 11.0. The van der Waals surface area contributed by atoms with Crippen LogP contribution in [0.4, 0.5) is 0 Å². The van der Waals surface area contributed by atoms with E-state index in [2.05, 4.69) is 30.0 Å². The largest absolute Gasteiger partial charge is 0.496 e. The monoisotopic (exact) mass is 233 g/mol. The van der Waals surface area contributed by atoms with E-state index in [-0.39, 0.29) is 0 Å². The van der Waals surface area contributed by atoms with Crippen LogP contribution in [-0.2, 0) is 0 Å². The normalized spacial score (nSPS) is 20.7. The molecule has 0 amide bonds. The summed E-state index contributed by atoms with van der Waals surface area (Å²) in [5.74, 6) is 1.04. The summed E-state index contributed by atoms with van der Waals surface area (Å²) >= 11 is 0. The molecule has 1 aliphatic rings. The fourth-order valence-corrected chi connectivity index (χ4v) is 2.75. The number of rotatable bonds is 5. The van der Waals surface area contributed by atoms with Crippen LogP contribution < -0.4 is 4.74 Å². The van der Waals surface area contributed by atoms with E-state index in [1.165, 1.54) is 44.3 Å². The summed E-state index contributed by atoms with van der Waals surface area (Å²) in [6, 6.07) is 9.03. The van der Waals surface area contributed by atoms with Gasteiger partial charge >= 0.3 is 0 Å². The summed E-state index contributed by atoms with van der Waals surface area (Å²) in [5.41, 5.74) is 1.36. The highest BCUT2D eigenvalue weighted by Crippen LogP contribution is 2.36. The molecule has 0 bridgehead atoms. The van der Waals surface area contributed by atoms with E-state index in [1.807, 2.05) is 6.07 Å². The second-order valence-electron chi connectivity index (χ2n) is 4.79. The molecule has 0 aliphatic carbocycles. The molecule has 0 saturated carbocycles. The standard InChI is InChI=1S/C15H23NO/c1-3-4-11-16-12-7-9-14(16)13-8-5-6-10-15(13)17-2/h5-6,8,10,14H,3-4,7,9,11-12H2,1-2H3/t14-/m0/s1. The molecule has 1 heterocycles. The van der Waals surface area contributed by atoms with Crippen LogP contribution in [0.5, 0.6) is 5.75 Å². The Hall–Kier alpha value is -1.02. The Labute approximate surface area is 105 Å². The first-order chi connectivity index (χ1) is 8.36. The van der Waals surface area contributed by atoms with E-state index >= 15 is 0 Å². The Kier molecular flexibility index (Phi) is 4.43.